The number of hydrogen-bond acceptors (Lipinski definition) is 6. The molecule has 1 fully saturated rings. The summed E-state index contributed by atoms with van der Waals surface area (Å²) in [5, 5.41) is 3.19. The third kappa shape index (κ3) is 4.74. The van der Waals surface area contributed by atoms with Gasteiger partial charge in [-0.05, 0) is 30.3 Å². The fraction of sp³-hybridized carbons (Fsp3) is 0.368. The summed E-state index contributed by atoms with van der Waals surface area (Å²) in [5.74, 6) is 0.510. The van der Waals surface area contributed by atoms with Crippen LogP contribution in [0.25, 0.3) is 0 Å². The van der Waals surface area contributed by atoms with E-state index in [1.807, 2.05) is 0 Å². The van der Waals surface area contributed by atoms with Gasteiger partial charge < -0.3 is 14.5 Å². The molecule has 2 heterocycles. The number of carbonyl (C=O) groups excluding carboxylic acids is 2. The molecule has 0 unspecified atom stereocenters. The Bertz CT molecular complexity index is 1030. The van der Waals surface area contributed by atoms with E-state index in [1.165, 1.54) is 20.2 Å². The summed E-state index contributed by atoms with van der Waals surface area (Å²) < 4.78 is 30.8. The van der Waals surface area contributed by atoms with E-state index in [2.05, 4.69) is 5.32 Å². The fourth-order valence-electron chi connectivity index (χ4n) is 2.94. The van der Waals surface area contributed by atoms with Crippen molar-refractivity contribution >= 4 is 38.3 Å². The van der Waals surface area contributed by atoms with Crippen LogP contribution < -0.4 is 10.1 Å². The first-order valence-electron chi connectivity index (χ1n) is 9.24. The van der Waals surface area contributed by atoms with Crippen LogP contribution in [0, 0.1) is 0 Å². The predicted octanol–water partition coefficient (Wildman–Crippen LogP) is 2.00. The highest BCUT2D eigenvalue weighted by atomic mass is 32.2. The second-order valence-electron chi connectivity index (χ2n) is 6.85. The molecule has 162 valence electrons. The van der Waals surface area contributed by atoms with E-state index in [4.69, 9.17) is 4.74 Å². The predicted molar refractivity (Wildman–Crippen MR) is 115 cm³/mol. The number of sulfonamides is 1. The second kappa shape index (κ2) is 9.02. The Morgan fingerprint density at radius 1 is 1.07 bits per heavy atom. The number of methoxy groups -OCH3 is 1. The highest BCUT2D eigenvalue weighted by Crippen LogP contribution is 2.28. The summed E-state index contributed by atoms with van der Waals surface area (Å²) >= 11 is 1.00. The first-order chi connectivity index (χ1) is 14.2. The van der Waals surface area contributed by atoms with Crippen LogP contribution in [0.1, 0.15) is 10.4 Å². The van der Waals surface area contributed by atoms with Crippen LogP contribution in [0.4, 0.5) is 9.80 Å². The van der Waals surface area contributed by atoms with Gasteiger partial charge in [-0.15, -0.1) is 11.3 Å². The van der Waals surface area contributed by atoms with Gasteiger partial charge in [0.15, 0.2) is 0 Å². The number of amides is 3. The van der Waals surface area contributed by atoms with Gasteiger partial charge in [-0.1, -0.05) is 6.07 Å². The van der Waals surface area contributed by atoms with Crippen LogP contribution >= 0.6 is 11.3 Å². The highest BCUT2D eigenvalue weighted by molar-refractivity contribution is 7.91. The van der Waals surface area contributed by atoms with Crippen LogP contribution in [0.2, 0.25) is 0 Å². The SMILES string of the molecule is COc1cccc(C(=O)N2CCN(C(=O)Nc3ccc(S(=O)(=O)N(C)C)s3)CC2)c1. The minimum Gasteiger partial charge on any atom is -0.497 e. The number of nitrogens with one attached hydrogen (secondary N) is 1. The molecule has 11 heteroatoms. The van der Waals surface area contributed by atoms with E-state index < -0.39 is 10.0 Å². The Hall–Kier alpha value is -2.63. The van der Waals surface area contributed by atoms with Gasteiger partial charge in [0.25, 0.3) is 15.9 Å². The zero-order valence-electron chi connectivity index (χ0n) is 17.0. The first kappa shape index (κ1) is 22.1. The average Bonchev–Trinajstić information content (AvgIpc) is 3.22. The lowest BCUT2D eigenvalue weighted by Gasteiger charge is -2.34. The molecule has 0 saturated carbocycles. The van der Waals surface area contributed by atoms with Gasteiger partial charge in [-0.3, -0.25) is 10.1 Å². The lowest BCUT2D eigenvalue weighted by Crippen LogP contribution is -2.51. The van der Waals surface area contributed by atoms with E-state index in [0.29, 0.717) is 42.5 Å². The quantitative estimate of drug-likeness (QED) is 0.748. The number of carbonyl (C=O) groups is 2. The lowest BCUT2D eigenvalue weighted by molar-refractivity contribution is 0.0671. The molecule has 1 aliphatic heterocycles. The van der Waals surface area contributed by atoms with Gasteiger partial charge in [0, 0.05) is 45.8 Å². The molecule has 1 saturated heterocycles. The maximum absolute atomic E-state index is 12.7. The Morgan fingerprint density at radius 2 is 1.73 bits per heavy atom. The molecule has 30 heavy (non-hydrogen) atoms. The molecule has 9 nitrogen and oxygen atoms in total. The summed E-state index contributed by atoms with van der Waals surface area (Å²) in [6.07, 6.45) is 0. The number of ether oxygens (including phenoxy) is 1. The van der Waals surface area contributed by atoms with Gasteiger partial charge >= 0.3 is 6.03 Å². The number of rotatable bonds is 5. The van der Waals surface area contributed by atoms with Crippen molar-refractivity contribution < 1.29 is 22.7 Å². The largest absolute Gasteiger partial charge is 0.497 e. The maximum Gasteiger partial charge on any atom is 0.322 e. The molecular weight excluding hydrogens is 428 g/mol. The number of thiophene rings is 1. The van der Waals surface area contributed by atoms with Crippen LogP contribution in [-0.4, -0.2) is 81.8 Å². The van der Waals surface area contributed by atoms with Crippen molar-refractivity contribution in [3.05, 3.63) is 42.0 Å². The van der Waals surface area contributed by atoms with Gasteiger partial charge in [0.2, 0.25) is 0 Å². The zero-order chi connectivity index (χ0) is 21.9. The van der Waals surface area contributed by atoms with Crippen molar-refractivity contribution in [1.82, 2.24) is 14.1 Å². The molecule has 3 rings (SSSR count). The van der Waals surface area contributed by atoms with Crippen molar-refractivity contribution in [2.24, 2.45) is 0 Å². The molecule has 1 aromatic carbocycles. The van der Waals surface area contributed by atoms with E-state index in [0.717, 1.165) is 15.6 Å². The van der Waals surface area contributed by atoms with Crippen LogP contribution in [0.5, 0.6) is 5.75 Å². The van der Waals surface area contributed by atoms with Gasteiger partial charge in [-0.2, -0.15) is 0 Å². The standard InChI is InChI=1S/C19H24N4O5S2/c1-21(2)30(26,27)17-8-7-16(29-17)20-19(25)23-11-9-22(10-12-23)18(24)14-5-4-6-15(13-14)28-3/h4-8,13H,9-12H2,1-3H3,(H,20,25). The van der Waals surface area contributed by atoms with Crippen molar-refractivity contribution in [3.63, 3.8) is 0 Å². The number of benzene rings is 1. The summed E-state index contributed by atoms with van der Waals surface area (Å²) in [4.78, 5) is 28.5. The van der Waals surface area contributed by atoms with Crippen molar-refractivity contribution in [2.45, 2.75) is 4.21 Å². The first-order valence-corrected chi connectivity index (χ1v) is 11.5. The molecule has 0 aliphatic carbocycles. The van der Waals surface area contributed by atoms with Crippen molar-refractivity contribution in [3.8, 4) is 5.75 Å². The van der Waals surface area contributed by atoms with Crippen LogP contribution in [0.15, 0.2) is 40.6 Å². The minimum absolute atomic E-state index is 0.106. The number of piperazine rings is 1. The molecule has 1 aromatic heterocycles. The van der Waals surface area contributed by atoms with Crippen LogP contribution in [0.3, 0.4) is 0 Å². The molecule has 2 aromatic rings. The maximum atomic E-state index is 12.7. The molecule has 0 radical (unpaired) electrons. The Morgan fingerprint density at radius 3 is 2.37 bits per heavy atom. The summed E-state index contributed by atoms with van der Waals surface area (Å²) in [7, 11) is 0.934. The topological polar surface area (TPSA) is 99.3 Å². The molecule has 1 N–H and O–H groups in total. The average molecular weight is 453 g/mol. The molecule has 0 bridgehead atoms. The summed E-state index contributed by atoms with van der Waals surface area (Å²) in [6, 6.07) is 9.69. The Labute approximate surface area is 179 Å². The Kier molecular flexibility index (Phi) is 6.64. The second-order valence-corrected chi connectivity index (χ2v) is 10.3. The van der Waals surface area contributed by atoms with Crippen LogP contribution in [-0.2, 0) is 10.0 Å². The molecule has 1 aliphatic rings. The highest BCUT2D eigenvalue weighted by Gasteiger charge is 2.26. The van der Waals surface area contributed by atoms with E-state index in [9.17, 15) is 18.0 Å². The minimum atomic E-state index is -3.53. The van der Waals surface area contributed by atoms with Crippen molar-refractivity contribution in [1.29, 1.82) is 0 Å². The number of hydrogen-bond donors (Lipinski definition) is 1. The zero-order valence-corrected chi connectivity index (χ0v) is 18.6. The summed E-state index contributed by atoms with van der Waals surface area (Å²) in [5.41, 5.74) is 0.542. The third-order valence-corrected chi connectivity index (χ3v) is 8.00. The molecule has 3 amide bonds. The molecule has 0 atom stereocenters. The summed E-state index contributed by atoms with van der Waals surface area (Å²) in [6.45, 7) is 1.59. The normalized spacial score (nSPS) is 14.7. The van der Waals surface area contributed by atoms with E-state index in [1.54, 1.807) is 47.2 Å². The Balaban J connectivity index is 1.57. The van der Waals surface area contributed by atoms with Gasteiger partial charge in [-0.25, -0.2) is 17.5 Å². The molecule has 0 spiro atoms. The fourth-order valence-corrected chi connectivity index (χ4v) is 5.31. The third-order valence-electron chi connectivity index (χ3n) is 4.72. The van der Waals surface area contributed by atoms with E-state index in [-0.39, 0.29) is 16.1 Å². The van der Waals surface area contributed by atoms with E-state index >= 15 is 0 Å². The monoisotopic (exact) mass is 452 g/mol. The number of anilines is 1. The van der Waals surface area contributed by atoms with Crippen molar-refractivity contribution in [2.75, 3.05) is 52.7 Å². The smallest absolute Gasteiger partial charge is 0.322 e. The number of nitrogens with zero attached hydrogens (tertiary/aromatic N) is 3. The lowest BCUT2D eigenvalue weighted by atomic mass is 10.1. The number of urea groups is 1. The van der Waals surface area contributed by atoms with Gasteiger partial charge in [0.05, 0.1) is 12.1 Å². The van der Waals surface area contributed by atoms with Gasteiger partial charge in [0.1, 0.15) is 9.96 Å². The molecular formula is C19H24N4O5S2.